The summed E-state index contributed by atoms with van der Waals surface area (Å²) < 4.78 is 7.30. The molecule has 0 saturated carbocycles. The number of ether oxygens (including phenoxy) is 1. The average molecular weight is 312 g/mol. The molecular formula is C14H24N4O2S. The Bertz CT molecular complexity index is 550. The normalized spacial score (nSPS) is 17.0. The van der Waals surface area contributed by atoms with Crippen molar-refractivity contribution < 1.29 is 9.53 Å². The largest absolute Gasteiger partial charge is 0.444 e. The number of carbonyl (C=O) groups is 1. The molecule has 1 aromatic rings. The lowest BCUT2D eigenvalue weighted by atomic mass is 10.2. The Hall–Kier alpha value is -1.34. The SMILES string of the molecule is Cn1c(CN2CCN(C(=O)OC(C)(C)C)CC2)csc1=N. The molecule has 1 fully saturated rings. The van der Waals surface area contributed by atoms with Crippen LogP contribution in [-0.4, -0.2) is 52.2 Å². The summed E-state index contributed by atoms with van der Waals surface area (Å²) in [5.41, 5.74) is 0.708. The quantitative estimate of drug-likeness (QED) is 0.902. The molecule has 1 saturated heterocycles. The predicted molar refractivity (Wildman–Crippen MR) is 82.2 cm³/mol. The van der Waals surface area contributed by atoms with Gasteiger partial charge in [0, 0.05) is 50.8 Å². The molecule has 118 valence electrons. The number of nitrogens with zero attached hydrogens (tertiary/aromatic N) is 3. The minimum absolute atomic E-state index is 0.225. The van der Waals surface area contributed by atoms with Crippen molar-refractivity contribution in [2.24, 2.45) is 7.05 Å². The van der Waals surface area contributed by atoms with E-state index in [2.05, 4.69) is 4.90 Å². The van der Waals surface area contributed by atoms with E-state index in [0.29, 0.717) is 17.9 Å². The number of thiazole rings is 1. The van der Waals surface area contributed by atoms with Gasteiger partial charge in [-0.3, -0.25) is 10.3 Å². The molecule has 0 bridgehead atoms. The third kappa shape index (κ3) is 4.31. The second kappa shape index (κ2) is 6.19. The monoisotopic (exact) mass is 312 g/mol. The fourth-order valence-electron chi connectivity index (χ4n) is 2.20. The van der Waals surface area contributed by atoms with Gasteiger partial charge in [0.05, 0.1) is 0 Å². The van der Waals surface area contributed by atoms with Crippen LogP contribution < -0.4 is 4.80 Å². The van der Waals surface area contributed by atoms with Gasteiger partial charge in [0.25, 0.3) is 0 Å². The first kappa shape index (κ1) is 16.0. The van der Waals surface area contributed by atoms with Crippen molar-refractivity contribution in [1.29, 1.82) is 5.41 Å². The minimum atomic E-state index is -0.441. The van der Waals surface area contributed by atoms with E-state index in [1.54, 1.807) is 4.90 Å². The lowest BCUT2D eigenvalue weighted by Gasteiger charge is -2.35. The average Bonchev–Trinajstić information content (AvgIpc) is 2.69. The first-order valence-electron chi connectivity index (χ1n) is 7.14. The van der Waals surface area contributed by atoms with Crippen LogP contribution in [0.3, 0.4) is 0 Å². The van der Waals surface area contributed by atoms with Gasteiger partial charge in [-0.25, -0.2) is 4.79 Å². The number of rotatable bonds is 2. The molecule has 0 spiro atoms. The zero-order chi connectivity index (χ0) is 15.6. The van der Waals surface area contributed by atoms with Crippen molar-refractivity contribution in [1.82, 2.24) is 14.4 Å². The van der Waals surface area contributed by atoms with Crippen LogP contribution in [0.2, 0.25) is 0 Å². The Labute approximate surface area is 129 Å². The summed E-state index contributed by atoms with van der Waals surface area (Å²) in [5.74, 6) is 0. The second-order valence-corrected chi connectivity index (χ2v) is 7.19. The number of amides is 1. The van der Waals surface area contributed by atoms with Crippen molar-refractivity contribution in [3.63, 3.8) is 0 Å². The number of carbonyl (C=O) groups excluding carboxylic acids is 1. The van der Waals surface area contributed by atoms with Gasteiger partial charge in [-0.1, -0.05) is 0 Å². The van der Waals surface area contributed by atoms with E-state index >= 15 is 0 Å². The molecule has 1 aliphatic rings. The first-order valence-corrected chi connectivity index (χ1v) is 8.02. The van der Waals surface area contributed by atoms with Crippen molar-refractivity contribution >= 4 is 17.4 Å². The van der Waals surface area contributed by atoms with Crippen LogP contribution in [0.15, 0.2) is 5.38 Å². The summed E-state index contributed by atoms with van der Waals surface area (Å²) in [6.07, 6.45) is -0.225. The molecule has 2 rings (SSSR count). The maximum absolute atomic E-state index is 12.0. The van der Waals surface area contributed by atoms with Gasteiger partial charge in [0.15, 0.2) is 4.80 Å². The highest BCUT2D eigenvalue weighted by atomic mass is 32.1. The maximum Gasteiger partial charge on any atom is 0.410 e. The Kier molecular flexibility index (Phi) is 4.73. The number of piperazine rings is 1. The summed E-state index contributed by atoms with van der Waals surface area (Å²) in [5, 5.41) is 9.75. The highest BCUT2D eigenvalue weighted by Gasteiger charge is 2.26. The van der Waals surface area contributed by atoms with Gasteiger partial charge in [-0.15, -0.1) is 11.3 Å². The van der Waals surface area contributed by atoms with Crippen molar-refractivity contribution in [2.75, 3.05) is 26.2 Å². The third-order valence-electron chi connectivity index (χ3n) is 3.45. The number of aromatic nitrogens is 1. The van der Waals surface area contributed by atoms with Crippen LogP contribution >= 0.6 is 11.3 Å². The summed E-state index contributed by atoms with van der Waals surface area (Å²) in [6, 6.07) is 0. The topological polar surface area (TPSA) is 61.6 Å². The molecule has 2 heterocycles. The van der Waals surface area contributed by atoms with E-state index in [1.165, 1.54) is 11.3 Å². The van der Waals surface area contributed by atoms with Crippen LogP contribution in [0.25, 0.3) is 0 Å². The molecule has 1 aromatic heterocycles. The molecule has 7 heteroatoms. The molecule has 1 N–H and O–H groups in total. The zero-order valence-corrected chi connectivity index (χ0v) is 14.0. The van der Waals surface area contributed by atoms with Gasteiger partial charge in [-0.05, 0) is 20.8 Å². The lowest BCUT2D eigenvalue weighted by molar-refractivity contribution is 0.0137. The van der Waals surface area contributed by atoms with Crippen molar-refractivity contribution in [3.8, 4) is 0 Å². The standard InChI is InChI=1S/C14H24N4O2S/c1-14(2,3)20-13(19)18-7-5-17(6-8-18)9-11-10-21-12(15)16(11)4/h10,15H,5-9H2,1-4H3. The second-order valence-electron chi connectivity index (χ2n) is 6.33. The summed E-state index contributed by atoms with van der Waals surface area (Å²) in [7, 11) is 1.92. The fraction of sp³-hybridized carbons (Fsp3) is 0.714. The van der Waals surface area contributed by atoms with E-state index in [-0.39, 0.29) is 6.09 Å². The van der Waals surface area contributed by atoms with E-state index in [1.807, 2.05) is 37.8 Å². The van der Waals surface area contributed by atoms with Crippen LogP contribution in [0.1, 0.15) is 26.5 Å². The van der Waals surface area contributed by atoms with E-state index in [9.17, 15) is 4.79 Å². The summed E-state index contributed by atoms with van der Waals surface area (Å²) in [6.45, 7) is 9.54. The molecule has 0 aliphatic carbocycles. The lowest BCUT2D eigenvalue weighted by Crippen LogP contribution is -2.49. The first-order chi connectivity index (χ1) is 9.76. The Morgan fingerprint density at radius 3 is 2.43 bits per heavy atom. The highest BCUT2D eigenvalue weighted by Crippen LogP contribution is 2.13. The Morgan fingerprint density at radius 1 is 1.33 bits per heavy atom. The maximum atomic E-state index is 12.0. The van der Waals surface area contributed by atoms with Crippen LogP contribution in [0.5, 0.6) is 0 Å². The van der Waals surface area contributed by atoms with Gasteiger partial charge >= 0.3 is 6.09 Å². The minimum Gasteiger partial charge on any atom is -0.444 e. The number of hydrogen-bond acceptors (Lipinski definition) is 5. The molecule has 1 aliphatic heterocycles. The Morgan fingerprint density at radius 2 is 1.95 bits per heavy atom. The summed E-state index contributed by atoms with van der Waals surface area (Å²) in [4.78, 5) is 16.6. The molecule has 0 atom stereocenters. The predicted octanol–water partition coefficient (Wildman–Crippen LogP) is 1.62. The molecule has 21 heavy (non-hydrogen) atoms. The van der Waals surface area contributed by atoms with Crippen LogP contribution in [0.4, 0.5) is 4.79 Å². The van der Waals surface area contributed by atoms with E-state index in [4.69, 9.17) is 10.1 Å². The van der Waals surface area contributed by atoms with Gasteiger partial charge in [0.1, 0.15) is 5.60 Å². The smallest absolute Gasteiger partial charge is 0.410 e. The van der Waals surface area contributed by atoms with Crippen molar-refractivity contribution in [3.05, 3.63) is 15.9 Å². The molecule has 0 unspecified atom stereocenters. The Balaban J connectivity index is 1.85. The third-order valence-corrected chi connectivity index (χ3v) is 4.34. The van der Waals surface area contributed by atoms with Crippen molar-refractivity contribution in [2.45, 2.75) is 32.9 Å². The zero-order valence-electron chi connectivity index (χ0n) is 13.2. The summed E-state index contributed by atoms with van der Waals surface area (Å²) >= 11 is 1.45. The van der Waals surface area contributed by atoms with Gasteiger partial charge in [0.2, 0.25) is 0 Å². The van der Waals surface area contributed by atoms with E-state index in [0.717, 1.165) is 25.3 Å². The number of hydrogen-bond donors (Lipinski definition) is 1. The van der Waals surface area contributed by atoms with Gasteiger partial charge < -0.3 is 14.2 Å². The fourth-order valence-corrected chi connectivity index (χ4v) is 2.96. The molecular weight excluding hydrogens is 288 g/mol. The molecule has 0 radical (unpaired) electrons. The molecule has 0 aromatic carbocycles. The van der Waals surface area contributed by atoms with E-state index < -0.39 is 5.60 Å². The van der Waals surface area contributed by atoms with Crippen LogP contribution in [-0.2, 0) is 18.3 Å². The number of nitrogens with one attached hydrogen (secondary N) is 1. The van der Waals surface area contributed by atoms with Gasteiger partial charge in [-0.2, -0.15) is 0 Å². The molecule has 1 amide bonds. The highest BCUT2D eigenvalue weighted by molar-refractivity contribution is 7.07. The molecule has 6 nitrogen and oxygen atoms in total. The van der Waals surface area contributed by atoms with Crippen LogP contribution in [0, 0.1) is 5.41 Å².